The van der Waals surface area contributed by atoms with Gasteiger partial charge in [-0.05, 0) is 37.0 Å². The van der Waals surface area contributed by atoms with Gasteiger partial charge < -0.3 is 19.4 Å². The third-order valence-electron chi connectivity index (χ3n) is 5.67. The Morgan fingerprint density at radius 1 is 1.07 bits per heavy atom. The lowest BCUT2D eigenvalue weighted by atomic mass is 9.99. The topological polar surface area (TPSA) is 92.1 Å². The van der Waals surface area contributed by atoms with Gasteiger partial charge >= 0.3 is 6.09 Å². The molecule has 2 aromatic rings. The molecule has 30 heavy (non-hydrogen) atoms. The van der Waals surface area contributed by atoms with Crippen LogP contribution in [-0.2, 0) is 16.0 Å². The second kappa shape index (κ2) is 9.02. The van der Waals surface area contributed by atoms with Crippen molar-refractivity contribution >= 4 is 17.9 Å². The molecule has 3 amide bonds. The van der Waals surface area contributed by atoms with Gasteiger partial charge in [0.1, 0.15) is 6.61 Å². The number of nitrogens with zero attached hydrogens (tertiary/aromatic N) is 2. The van der Waals surface area contributed by atoms with E-state index in [-0.39, 0.29) is 36.4 Å². The largest absolute Gasteiger partial charge is 0.459 e. The Bertz CT molecular complexity index is 875. The molecule has 2 saturated heterocycles. The second-order valence-corrected chi connectivity index (χ2v) is 7.60. The first-order chi connectivity index (χ1) is 14.6. The minimum atomic E-state index is -0.410. The zero-order valence-electron chi connectivity index (χ0n) is 16.7. The number of nitrogens with one attached hydrogen (secondary N) is 1. The van der Waals surface area contributed by atoms with Gasteiger partial charge in [-0.2, -0.15) is 0 Å². The smallest absolute Gasteiger partial charge is 0.410 e. The van der Waals surface area contributed by atoms with Gasteiger partial charge in [0.25, 0.3) is 5.91 Å². The van der Waals surface area contributed by atoms with E-state index in [1.165, 1.54) is 11.8 Å². The summed E-state index contributed by atoms with van der Waals surface area (Å²) in [5.74, 6) is -0.372. The van der Waals surface area contributed by atoms with Gasteiger partial charge in [-0.25, -0.2) is 4.79 Å². The number of amides is 3. The fraction of sp³-hybridized carbons (Fsp3) is 0.409. The van der Waals surface area contributed by atoms with Crippen molar-refractivity contribution in [3.63, 3.8) is 0 Å². The average Bonchev–Trinajstić information content (AvgIpc) is 3.43. The number of cyclic esters (lactones) is 1. The van der Waals surface area contributed by atoms with Gasteiger partial charge in [0.05, 0.1) is 18.8 Å². The molecule has 1 atom stereocenters. The molecule has 0 unspecified atom stereocenters. The van der Waals surface area contributed by atoms with Gasteiger partial charge in [0.2, 0.25) is 5.91 Å². The van der Waals surface area contributed by atoms with Crippen LogP contribution in [-0.4, -0.2) is 66.0 Å². The Labute approximate surface area is 174 Å². The molecule has 1 aromatic carbocycles. The molecule has 0 bridgehead atoms. The van der Waals surface area contributed by atoms with Crippen LogP contribution in [0.1, 0.15) is 29.0 Å². The Balaban J connectivity index is 1.28. The van der Waals surface area contributed by atoms with Gasteiger partial charge in [0.15, 0.2) is 5.76 Å². The van der Waals surface area contributed by atoms with Crippen molar-refractivity contribution in [2.45, 2.75) is 31.3 Å². The van der Waals surface area contributed by atoms with E-state index in [0.29, 0.717) is 32.5 Å². The summed E-state index contributed by atoms with van der Waals surface area (Å²) in [4.78, 5) is 40.3. The number of carbonyl (C=O) groups is 3. The van der Waals surface area contributed by atoms with Crippen molar-refractivity contribution in [1.29, 1.82) is 0 Å². The monoisotopic (exact) mass is 411 g/mol. The van der Waals surface area contributed by atoms with Crippen molar-refractivity contribution in [2.75, 3.05) is 26.2 Å². The molecule has 3 heterocycles. The predicted octanol–water partition coefficient (Wildman–Crippen LogP) is 2.06. The Hall–Kier alpha value is -3.29. The van der Waals surface area contributed by atoms with Crippen LogP contribution in [0.4, 0.5) is 4.79 Å². The molecule has 4 rings (SSSR count). The van der Waals surface area contributed by atoms with Crippen LogP contribution in [0.25, 0.3) is 0 Å². The molecular weight excluding hydrogens is 386 g/mol. The highest BCUT2D eigenvalue weighted by Crippen LogP contribution is 2.26. The summed E-state index contributed by atoms with van der Waals surface area (Å²) >= 11 is 0. The minimum Gasteiger partial charge on any atom is -0.459 e. The van der Waals surface area contributed by atoms with Crippen molar-refractivity contribution in [3.05, 3.63) is 60.1 Å². The summed E-state index contributed by atoms with van der Waals surface area (Å²) < 4.78 is 10.3. The molecule has 8 nitrogen and oxygen atoms in total. The maximum absolute atomic E-state index is 12.4. The molecule has 1 N–H and O–H groups in total. The lowest BCUT2D eigenvalue weighted by molar-refractivity contribution is -0.131. The summed E-state index contributed by atoms with van der Waals surface area (Å²) in [6.45, 7) is 1.40. The summed E-state index contributed by atoms with van der Waals surface area (Å²) in [6.07, 6.45) is 3.28. The second-order valence-electron chi connectivity index (χ2n) is 7.60. The standard InChI is InChI=1S/C22H25N3O5/c26-20(14-23-21(27)19-7-4-12-29-19)24-10-8-17(9-11-24)25-18(15-30-22(25)28)13-16-5-2-1-3-6-16/h1-7,12,17-18H,8-11,13-15H2,(H,23,27)/t18-/m1/s1. The number of hydrogen-bond donors (Lipinski definition) is 1. The van der Waals surface area contributed by atoms with Gasteiger partial charge in [-0.1, -0.05) is 30.3 Å². The quantitative estimate of drug-likeness (QED) is 0.786. The van der Waals surface area contributed by atoms with E-state index in [2.05, 4.69) is 17.4 Å². The summed E-state index contributed by atoms with van der Waals surface area (Å²) in [7, 11) is 0. The van der Waals surface area contributed by atoms with Crippen LogP contribution in [0, 0.1) is 0 Å². The molecule has 2 aliphatic heterocycles. The summed E-state index contributed by atoms with van der Waals surface area (Å²) in [6, 6.07) is 13.3. The van der Waals surface area contributed by atoms with E-state index in [9.17, 15) is 14.4 Å². The van der Waals surface area contributed by atoms with Gasteiger partial charge in [-0.3, -0.25) is 14.5 Å². The minimum absolute atomic E-state index is 0.0136. The highest BCUT2D eigenvalue weighted by atomic mass is 16.6. The molecule has 0 radical (unpaired) electrons. The van der Waals surface area contributed by atoms with Crippen LogP contribution in [0.2, 0.25) is 0 Å². The fourth-order valence-electron chi connectivity index (χ4n) is 4.12. The van der Waals surface area contributed by atoms with Crippen LogP contribution in [0.5, 0.6) is 0 Å². The maximum atomic E-state index is 12.4. The Morgan fingerprint density at radius 2 is 1.83 bits per heavy atom. The molecule has 8 heteroatoms. The highest BCUT2D eigenvalue weighted by Gasteiger charge is 2.39. The molecule has 2 aliphatic rings. The van der Waals surface area contributed by atoms with E-state index in [1.54, 1.807) is 17.0 Å². The third kappa shape index (κ3) is 4.48. The van der Waals surface area contributed by atoms with Crippen LogP contribution < -0.4 is 5.32 Å². The molecule has 0 spiro atoms. The Kier molecular flexibility index (Phi) is 6.02. The number of likely N-dealkylation sites (tertiary alicyclic amines) is 1. The van der Waals surface area contributed by atoms with E-state index < -0.39 is 5.91 Å². The third-order valence-corrected chi connectivity index (χ3v) is 5.67. The van der Waals surface area contributed by atoms with Gasteiger partial charge in [-0.15, -0.1) is 0 Å². The Morgan fingerprint density at radius 3 is 2.53 bits per heavy atom. The SMILES string of the molecule is O=C(NCC(=O)N1CCC(N2C(=O)OC[C@H]2Cc2ccccc2)CC1)c1ccco1. The molecule has 2 fully saturated rings. The fourth-order valence-corrected chi connectivity index (χ4v) is 4.12. The molecule has 158 valence electrons. The van der Waals surface area contributed by atoms with Crippen molar-refractivity contribution < 1.29 is 23.5 Å². The molecular formula is C22H25N3O5. The van der Waals surface area contributed by atoms with Gasteiger partial charge in [0, 0.05) is 19.1 Å². The molecule has 1 aromatic heterocycles. The number of hydrogen-bond acceptors (Lipinski definition) is 5. The van der Waals surface area contributed by atoms with Crippen molar-refractivity contribution in [1.82, 2.24) is 15.1 Å². The molecule has 0 aliphatic carbocycles. The zero-order chi connectivity index (χ0) is 20.9. The predicted molar refractivity (Wildman–Crippen MR) is 108 cm³/mol. The number of carbonyl (C=O) groups excluding carboxylic acids is 3. The maximum Gasteiger partial charge on any atom is 0.410 e. The summed E-state index contributed by atoms with van der Waals surface area (Å²) in [5.41, 5.74) is 1.17. The first kappa shape index (κ1) is 20.0. The highest BCUT2D eigenvalue weighted by molar-refractivity contribution is 5.94. The zero-order valence-corrected chi connectivity index (χ0v) is 16.7. The van der Waals surface area contributed by atoms with Crippen molar-refractivity contribution in [2.24, 2.45) is 0 Å². The van der Waals surface area contributed by atoms with Crippen LogP contribution in [0.3, 0.4) is 0 Å². The first-order valence-electron chi connectivity index (χ1n) is 10.2. The normalized spacial score (nSPS) is 19.6. The van der Waals surface area contributed by atoms with Crippen molar-refractivity contribution in [3.8, 4) is 0 Å². The van der Waals surface area contributed by atoms with E-state index in [4.69, 9.17) is 9.15 Å². The summed E-state index contributed by atoms with van der Waals surface area (Å²) in [5, 5.41) is 2.58. The lowest BCUT2D eigenvalue weighted by Gasteiger charge is -2.38. The number of furan rings is 1. The number of ether oxygens (including phenoxy) is 1. The lowest BCUT2D eigenvalue weighted by Crippen LogP contribution is -2.51. The van der Waals surface area contributed by atoms with E-state index in [0.717, 1.165) is 6.42 Å². The average molecular weight is 411 g/mol. The number of piperidine rings is 1. The first-order valence-corrected chi connectivity index (χ1v) is 10.2. The number of benzene rings is 1. The molecule has 0 saturated carbocycles. The van der Waals surface area contributed by atoms with Crippen LogP contribution in [0.15, 0.2) is 53.1 Å². The van der Waals surface area contributed by atoms with Crippen LogP contribution >= 0.6 is 0 Å². The van der Waals surface area contributed by atoms with E-state index in [1.807, 2.05) is 23.1 Å². The van der Waals surface area contributed by atoms with E-state index >= 15 is 0 Å². The number of rotatable bonds is 6.